The fraction of sp³-hybridized carbons (Fsp3) is 0.500. The Labute approximate surface area is 151 Å². The molecule has 25 heavy (non-hydrogen) atoms. The molecule has 0 spiro atoms. The first-order valence-corrected chi connectivity index (χ1v) is 9.52. The highest BCUT2D eigenvalue weighted by molar-refractivity contribution is 5.56. The molecular weight excluding hydrogens is 306 g/mol. The van der Waals surface area contributed by atoms with Crippen molar-refractivity contribution in [2.75, 3.05) is 0 Å². The van der Waals surface area contributed by atoms with Crippen molar-refractivity contribution in [3.05, 3.63) is 47.8 Å². The van der Waals surface area contributed by atoms with Gasteiger partial charge < -0.3 is 0 Å². The topological polar surface area (TPSA) is 49.6 Å². The Morgan fingerprint density at radius 2 is 1.72 bits per heavy atom. The van der Waals surface area contributed by atoms with Crippen LogP contribution in [0.2, 0.25) is 0 Å². The van der Waals surface area contributed by atoms with Crippen LogP contribution >= 0.6 is 0 Å². The summed E-state index contributed by atoms with van der Waals surface area (Å²) in [5.41, 5.74) is 2.90. The molecular formula is C22H27N3. The molecule has 1 aliphatic rings. The molecule has 1 unspecified atom stereocenters. The minimum Gasteiger partial charge on any atom is -0.236 e. The van der Waals surface area contributed by atoms with Crippen molar-refractivity contribution >= 4 is 0 Å². The van der Waals surface area contributed by atoms with E-state index >= 15 is 0 Å². The normalized spacial score (nSPS) is 21.5. The number of aromatic nitrogens is 2. The van der Waals surface area contributed by atoms with Crippen molar-refractivity contribution in [3.63, 3.8) is 0 Å². The van der Waals surface area contributed by atoms with Crippen LogP contribution in [0.15, 0.2) is 36.7 Å². The fourth-order valence-corrected chi connectivity index (χ4v) is 3.86. The van der Waals surface area contributed by atoms with Crippen LogP contribution in [0.1, 0.15) is 69.4 Å². The largest absolute Gasteiger partial charge is 0.236 e. The summed E-state index contributed by atoms with van der Waals surface area (Å²) in [5.74, 6) is 3.11. The second-order valence-electron chi connectivity index (χ2n) is 7.50. The summed E-state index contributed by atoms with van der Waals surface area (Å²) in [7, 11) is 0. The van der Waals surface area contributed by atoms with Crippen LogP contribution in [0.5, 0.6) is 0 Å². The van der Waals surface area contributed by atoms with Crippen molar-refractivity contribution in [1.82, 2.24) is 9.97 Å². The predicted octanol–water partition coefficient (Wildman–Crippen LogP) is 5.73. The molecule has 1 aromatic carbocycles. The van der Waals surface area contributed by atoms with Crippen molar-refractivity contribution in [2.24, 2.45) is 11.8 Å². The molecule has 3 nitrogen and oxygen atoms in total. The molecule has 0 amide bonds. The van der Waals surface area contributed by atoms with Gasteiger partial charge in [-0.3, -0.25) is 0 Å². The summed E-state index contributed by atoms with van der Waals surface area (Å²) in [4.78, 5) is 9.13. The van der Waals surface area contributed by atoms with Gasteiger partial charge in [-0.15, -0.1) is 0 Å². The quantitative estimate of drug-likeness (QED) is 0.702. The first-order valence-electron chi connectivity index (χ1n) is 9.52. The lowest BCUT2D eigenvalue weighted by Crippen LogP contribution is -2.16. The molecule has 1 aliphatic carbocycles. The minimum atomic E-state index is 0.614. The van der Waals surface area contributed by atoms with Gasteiger partial charge in [-0.2, -0.15) is 5.26 Å². The summed E-state index contributed by atoms with van der Waals surface area (Å²) in [5, 5.41) is 8.88. The average molecular weight is 333 g/mol. The van der Waals surface area contributed by atoms with E-state index in [0.717, 1.165) is 23.2 Å². The molecule has 0 saturated heterocycles. The third-order valence-corrected chi connectivity index (χ3v) is 5.69. The molecule has 0 bridgehead atoms. The molecule has 1 saturated carbocycles. The van der Waals surface area contributed by atoms with Crippen LogP contribution in [0.4, 0.5) is 0 Å². The maximum Gasteiger partial charge on any atom is 0.159 e. The molecule has 1 aromatic heterocycles. The third-order valence-electron chi connectivity index (χ3n) is 5.69. The number of hydrogen-bond donors (Lipinski definition) is 0. The summed E-state index contributed by atoms with van der Waals surface area (Å²) in [6, 6.07) is 9.58. The van der Waals surface area contributed by atoms with Gasteiger partial charge in [0.1, 0.15) is 0 Å². The van der Waals surface area contributed by atoms with Crippen molar-refractivity contribution < 1.29 is 0 Å². The van der Waals surface area contributed by atoms with Crippen molar-refractivity contribution in [3.8, 4) is 17.5 Å². The smallest absolute Gasteiger partial charge is 0.159 e. The van der Waals surface area contributed by atoms with Gasteiger partial charge in [-0.25, -0.2) is 9.97 Å². The highest BCUT2D eigenvalue weighted by Gasteiger charge is 2.23. The maximum absolute atomic E-state index is 8.88. The van der Waals surface area contributed by atoms with E-state index in [0.29, 0.717) is 11.5 Å². The molecule has 3 rings (SSSR count). The second-order valence-corrected chi connectivity index (χ2v) is 7.50. The van der Waals surface area contributed by atoms with Crippen LogP contribution in [0, 0.1) is 23.2 Å². The number of nitrogens with zero attached hydrogens (tertiary/aromatic N) is 3. The van der Waals surface area contributed by atoms with E-state index in [9.17, 15) is 0 Å². The van der Waals surface area contributed by atoms with Crippen molar-refractivity contribution in [2.45, 2.75) is 58.3 Å². The predicted molar refractivity (Wildman–Crippen MR) is 101 cm³/mol. The molecule has 1 atom stereocenters. The SMILES string of the molecule is CCC(C)CC1CCC(c2cnc(-c3ccc(C#N)cc3)nc2)CC1. The van der Waals surface area contributed by atoms with Gasteiger partial charge in [0.15, 0.2) is 5.82 Å². The van der Waals surface area contributed by atoms with Crippen LogP contribution in [-0.2, 0) is 0 Å². The second kappa shape index (κ2) is 8.25. The van der Waals surface area contributed by atoms with E-state index in [4.69, 9.17) is 5.26 Å². The Morgan fingerprint density at radius 3 is 2.28 bits per heavy atom. The Balaban J connectivity index is 1.60. The number of rotatable bonds is 5. The lowest BCUT2D eigenvalue weighted by Gasteiger charge is -2.30. The monoisotopic (exact) mass is 333 g/mol. The average Bonchev–Trinajstić information content (AvgIpc) is 2.69. The molecule has 0 aliphatic heterocycles. The lowest BCUT2D eigenvalue weighted by atomic mass is 9.76. The zero-order valence-corrected chi connectivity index (χ0v) is 15.3. The van der Waals surface area contributed by atoms with E-state index in [2.05, 4.69) is 29.9 Å². The summed E-state index contributed by atoms with van der Waals surface area (Å²) < 4.78 is 0. The van der Waals surface area contributed by atoms with E-state index in [-0.39, 0.29) is 0 Å². The lowest BCUT2D eigenvalue weighted by molar-refractivity contribution is 0.273. The molecule has 130 valence electrons. The summed E-state index contributed by atoms with van der Waals surface area (Å²) in [6.07, 6.45) is 11.9. The Morgan fingerprint density at radius 1 is 1.08 bits per heavy atom. The standard InChI is InChI=1S/C22H27N3/c1-3-16(2)12-17-4-8-19(9-5-17)21-14-24-22(25-15-21)20-10-6-18(13-23)7-11-20/h6-7,10-11,14-17,19H,3-5,8-9,12H2,1-2H3. The molecule has 0 N–H and O–H groups in total. The van der Waals surface area contributed by atoms with Crippen LogP contribution in [-0.4, -0.2) is 9.97 Å². The number of hydrogen-bond acceptors (Lipinski definition) is 3. The highest BCUT2D eigenvalue weighted by atomic mass is 14.9. The Hall–Kier alpha value is -2.21. The molecule has 1 fully saturated rings. The fourth-order valence-electron chi connectivity index (χ4n) is 3.86. The van der Waals surface area contributed by atoms with E-state index < -0.39 is 0 Å². The third kappa shape index (κ3) is 4.45. The van der Waals surface area contributed by atoms with Gasteiger partial charge in [-0.1, -0.05) is 20.3 Å². The van der Waals surface area contributed by atoms with Gasteiger partial charge in [0.25, 0.3) is 0 Å². The Kier molecular flexibility index (Phi) is 5.81. The van der Waals surface area contributed by atoms with Crippen LogP contribution < -0.4 is 0 Å². The molecule has 2 aromatic rings. The first-order chi connectivity index (χ1) is 12.2. The first kappa shape index (κ1) is 17.6. The van der Waals surface area contributed by atoms with Gasteiger partial charge in [0.05, 0.1) is 11.6 Å². The number of benzene rings is 1. The summed E-state index contributed by atoms with van der Waals surface area (Å²) in [6.45, 7) is 4.67. The van der Waals surface area contributed by atoms with E-state index in [1.165, 1.54) is 44.1 Å². The summed E-state index contributed by atoms with van der Waals surface area (Å²) >= 11 is 0. The number of nitriles is 1. The van der Waals surface area contributed by atoms with Gasteiger partial charge >= 0.3 is 0 Å². The highest BCUT2D eigenvalue weighted by Crippen LogP contribution is 2.38. The van der Waals surface area contributed by atoms with Gasteiger partial charge in [0, 0.05) is 18.0 Å². The zero-order chi connectivity index (χ0) is 17.6. The van der Waals surface area contributed by atoms with Gasteiger partial charge in [-0.05, 0) is 79.7 Å². The zero-order valence-electron chi connectivity index (χ0n) is 15.3. The Bertz CT molecular complexity index is 704. The van der Waals surface area contributed by atoms with Crippen LogP contribution in [0.3, 0.4) is 0 Å². The van der Waals surface area contributed by atoms with Gasteiger partial charge in [0.2, 0.25) is 0 Å². The molecule has 0 radical (unpaired) electrons. The molecule has 3 heteroatoms. The minimum absolute atomic E-state index is 0.614. The van der Waals surface area contributed by atoms with Crippen LogP contribution in [0.25, 0.3) is 11.4 Å². The van der Waals surface area contributed by atoms with E-state index in [1.807, 2.05) is 36.7 Å². The molecule has 1 heterocycles. The van der Waals surface area contributed by atoms with E-state index in [1.54, 1.807) is 0 Å². The maximum atomic E-state index is 8.88. The van der Waals surface area contributed by atoms with Crippen molar-refractivity contribution in [1.29, 1.82) is 5.26 Å².